The fourth-order valence-electron chi connectivity index (χ4n) is 4.01. The largest absolute Gasteiger partial charge is 0.493 e. The zero-order valence-corrected chi connectivity index (χ0v) is 20.6. The Labute approximate surface area is 211 Å². The Balaban J connectivity index is 1.65. The van der Waals surface area contributed by atoms with Gasteiger partial charge >= 0.3 is 0 Å². The molecule has 0 unspecified atom stereocenters. The van der Waals surface area contributed by atoms with Gasteiger partial charge in [0.2, 0.25) is 10.9 Å². The van der Waals surface area contributed by atoms with Crippen molar-refractivity contribution in [2.45, 2.75) is 10.9 Å². The van der Waals surface area contributed by atoms with Gasteiger partial charge < -0.3 is 14.2 Å². The third-order valence-corrected chi connectivity index (χ3v) is 6.71. The average Bonchev–Trinajstić information content (AvgIpc) is 3.45. The number of hydrogen-bond acceptors (Lipinski definition) is 8. The summed E-state index contributed by atoms with van der Waals surface area (Å²) < 4.78 is 17.9. The molecule has 1 aliphatic heterocycles. The Bertz CT molecular complexity index is 1390. The van der Waals surface area contributed by atoms with Gasteiger partial charge in [-0.1, -0.05) is 54.2 Å². The van der Waals surface area contributed by atoms with Gasteiger partial charge in [0, 0.05) is 11.3 Å². The van der Waals surface area contributed by atoms with Crippen LogP contribution in [0.25, 0.3) is 11.4 Å². The molecule has 0 radical (unpaired) electrons. The Hall–Kier alpha value is -4.31. The first-order valence-corrected chi connectivity index (χ1v) is 12.0. The van der Waals surface area contributed by atoms with Crippen molar-refractivity contribution in [3.05, 3.63) is 83.4 Å². The first-order chi connectivity index (χ1) is 17.6. The summed E-state index contributed by atoms with van der Waals surface area (Å²) in [6.45, 7) is 0. The van der Waals surface area contributed by atoms with Gasteiger partial charge in [-0.15, -0.1) is 10.2 Å². The van der Waals surface area contributed by atoms with E-state index in [9.17, 15) is 9.59 Å². The normalized spacial score (nSPS) is 12.6. The number of rotatable bonds is 8. The SMILES string of the molecule is COc1cc(-c2nnc(SCc3ccccc3)n2N2C(=O)c3ccccc3C2=O)cc(OC)c1OC. The van der Waals surface area contributed by atoms with E-state index in [1.54, 1.807) is 36.4 Å². The number of amides is 2. The number of aromatic nitrogens is 3. The van der Waals surface area contributed by atoms with Crippen LogP contribution in [0.3, 0.4) is 0 Å². The van der Waals surface area contributed by atoms with Gasteiger partial charge in [0.15, 0.2) is 17.3 Å². The van der Waals surface area contributed by atoms with Crippen molar-refractivity contribution in [2.75, 3.05) is 26.3 Å². The summed E-state index contributed by atoms with van der Waals surface area (Å²) in [6, 6.07) is 20.0. The monoisotopic (exact) mass is 502 g/mol. The van der Waals surface area contributed by atoms with Crippen molar-refractivity contribution >= 4 is 23.6 Å². The molecule has 0 aliphatic carbocycles. The fourth-order valence-corrected chi connectivity index (χ4v) is 4.88. The van der Waals surface area contributed by atoms with Crippen LogP contribution in [0, 0.1) is 0 Å². The molecular formula is C26H22N4O5S. The predicted molar refractivity (Wildman–Crippen MR) is 134 cm³/mol. The molecule has 3 aromatic carbocycles. The number of nitrogens with zero attached hydrogens (tertiary/aromatic N) is 4. The van der Waals surface area contributed by atoms with E-state index in [1.165, 1.54) is 37.8 Å². The van der Waals surface area contributed by atoms with E-state index in [4.69, 9.17) is 14.2 Å². The number of ether oxygens (including phenoxy) is 3. The van der Waals surface area contributed by atoms with E-state index in [0.29, 0.717) is 44.8 Å². The Morgan fingerprint density at radius 3 is 1.92 bits per heavy atom. The van der Waals surface area contributed by atoms with Gasteiger partial charge in [0.05, 0.1) is 32.5 Å². The number of thioether (sulfide) groups is 1. The highest BCUT2D eigenvalue weighted by Gasteiger charge is 2.40. The van der Waals surface area contributed by atoms with E-state index in [1.807, 2.05) is 30.3 Å². The highest BCUT2D eigenvalue weighted by atomic mass is 32.2. The van der Waals surface area contributed by atoms with Gasteiger partial charge in [0.25, 0.3) is 11.8 Å². The van der Waals surface area contributed by atoms with E-state index >= 15 is 0 Å². The van der Waals surface area contributed by atoms with Gasteiger partial charge in [0.1, 0.15) is 0 Å². The van der Waals surface area contributed by atoms with Crippen LogP contribution in [-0.4, -0.2) is 48.0 Å². The van der Waals surface area contributed by atoms with Gasteiger partial charge in [-0.25, -0.2) is 0 Å². The zero-order chi connectivity index (χ0) is 25.2. The van der Waals surface area contributed by atoms with E-state index in [0.717, 1.165) is 10.6 Å². The van der Waals surface area contributed by atoms with Crippen LogP contribution in [0.2, 0.25) is 0 Å². The molecular weight excluding hydrogens is 480 g/mol. The van der Waals surface area contributed by atoms with Crippen LogP contribution in [-0.2, 0) is 5.75 Å². The fraction of sp³-hybridized carbons (Fsp3) is 0.154. The van der Waals surface area contributed by atoms with Crippen molar-refractivity contribution in [1.29, 1.82) is 0 Å². The molecule has 0 saturated heterocycles. The maximum Gasteiger partial charge on any atom is 0.281 e. The van der Waals surface area contributed by atoms with Crippen LogP contribution < -0.4 is 19.2 Å². The van der Waals surface area contributed by atoms with E-state index in [2.05, 4.69) is 10.2 Å². The van der Waals surface area contributed by atoms with E-state index < -0.39 is 11.8 Å². The van der Waals surface area contributed by atoms with Gasteiger partial charge in [-0.3, -0.25) is 9.59 Å². The molecule has 10 heteroatoms. The summed E-state index contributed by atoms with van der Waals surface area (Å²) in [5.74, 6) is 1.16. The maximum absolute atomic E-state index is 13.4. The molecule has 2 heterocycles. The maximum atomic E-state index is 13.4. The average molecular weight is 503 g/mol. The van der Waals surface area contributed by atoms with Crippen LogP contribution in [0.4, 0.5) is 0 Å². The van der Waals surface area contributed by atoms with Crippen molar-refractivity contribution in [3.8, 4) is 28.6 Å². The molecule has 36 heavy (non-hydrogen) atoms. The molecule has 0 N–H and O–H groups in total. The van der Waals surface area contributed by atoms with E-state index in [-0.39, 0.29) is 5.82 Å². The standard InChI is InChI=1S/C26H22N4O5S/c1-33-20-13-17(14-21(34-2)22(20)35-3)23-27-28-26(36-15-16-9-5-4-6-10-16)29(23)30-24(31)18-11-7-8-12-19(18)25(30)32/h4-14H,15H2,1-3H3. The molecule has 0 fully saturated rings. The summed E-state index contributed by atoms with van der Waals surface area (Å²) in [5, 5.41) is 10.2. The second-order valence-corrected chi connectivity index (χ2v) is 8.72. The molecule has 1 aliphatic rings. The number of imide groups is 1. The number of hydrogen-bond donors (Lipinski definition) is 0. The van der Waals surface area contributed by atoms with Crippen LogP contribution in [0.5, 0.6) is 17.2 Å². The molecule has 0 atom stereocenters. The summed E-state index contributed by atoms with van der Waals surface area (Å²) >= 11 is 1.37. The first kappa shape index (κ1) is 23.4. The van der Waals surface area contributed by atoms with Crippen molar-refractivity contribution in [2.24, 2.45) is 0 Å². The third-order valence-electron chi connectivity index (χ3n) is 5.72. The molecule has 182 valence electrons. The topological polar surface area (TPSA) is 95.8 Å². The molecule has 0 spiro atoms. The lowest BCUT2D eigenvalue weighted by Crippen LogP contribution is -2.40. The predicted octanol–water partition coefficient (Wildman–Crippen LogP) is 4.20. The summed E-state index contributed by atoms with van der Waals surface area (Å²) in [5.41, 5.74) is 2.24. The lowest BCUT2D eigenvalue weighted by atomic mass is 10.1. The minimum atomic E-state index is -0.453. The summed E-state index contributed by atoms with van der Waals surface area (Å²) in [4.78, 5) is 26.8. The Kier molecular flexibility index (Phi) is 6.34. The second kappa shape index (κ2) is 9.74. The van der Waals surface area contributed by atoms with Gasteiger partial charge in [-0.05, 0) is 29.8 Å². The van der Waals surface area contributed by atoms with Gasteiger partial charge in [-0.2, -0.15) is 9.69 Å². The van der Waals surface area contributed by atoms with Crippen molar-refractivity contribution in [3.63, 3.8) is 0 Å². The Morgan fingerprint density at radius 2 is 1.36 bits per heavy atom. The molecule has 2 amide bonds. The molecule has 1 aromatic heterocycles. The van der Waals surface area contributed by atoms with Crippen LogP contribution in [0.15, 0.2) is 71.9 Å². The number of fused-ring (bicyclic) bond motifs is 1. The number of methoxy groups -OCH3 is 3. The highest BCUT2D eigenvalue weighted by molar-refractivity contribution is 7.98. The van der Waals surface area contributed by atoms with Crippen LogP contribution >= 0.6 is 11.8 Å². The summed E-state index contributed by atoms with van der Waals surface area (Å²) in [7, 11) is 4.54. The van der Waals surface area contributed by atoms with Crippen LogP contribution in [0.1, 0.15) is 26.3 Å². The highest BCUT2D eigenvalue weighted by Crippen LogP contribution is 2.41. The summed E-state index contributed by atoms with van der Waals surface area (Å²) in [6.07, 6.45) is 0. The first-order valence-electron chi connectivity index (χ1n) is 11.0. The number of carbonyl (C=O) groups is 2. The third kappa shape index (κ3) is 3.95. The second-order valence-electron chi connectivity index (χ2n) is 7.77. The lowest BCUT2D eigenvalue weighted by molar-refractivity contribution is 0.0882. The number of benzene rings is 3. The molecule has 0 saturated carbocycles. The molecule has 5 rings (SSSR count). The lowest BCUT2D eigenvalue weighted by Gasteiger charge is -2.20. The van der Waals surface area contributed by atoms with Crippen molar-refractivity contribution in [1.82, 2.24) is 14.9 Å². The number of carbonyl (C=O) groups excluding carboxylic acids is 2. The van der Waals surface area contributed by atoms with Crippen molar-refractivity contribution < 1.29 is 23.8 Å². The minimum absolute atomic E-state index is 0.277. The minimum Gasteiger partial charge on any atom is -0.493 e. The molecule has 4 aromatic rings. The molecule has 0 bridgehead atoms. The quantitative estimate of drug-likeness (QED) is 0.261. The zero-order valence-electron chi connectivity index (χ0n) is 19.8. The smallest absolute Gasteiger partial charge is 0.281 e. The Morgan fingerprint density at radius 1 is 0.778 bits per heavy atom. The molecule has 9 nitrogen and oxygen atoms in total.